The summed E-state index contributed by atoms with van der Waals surface area (Å²) in [5.74, 6) is 5.13. The number of aromatic nitrogens is 2. The van der Waals surface area contributed by atoms with Gasteiger partial charge < -0.3 is 5.84 Å². The minimum absolute atomic E-state index is 0.00293. The van der Waals surface area contributed by atoms with Crippen LogP contribution >= 0.6 is 0 Å². The number of hydrazone groups is 1. The van der Waals surface area contributed by atoms with E-state index in [0.29, 0.717) is 0 Å². The Balaban J connectivity index is 0.000000921. The van der Waals surface area contributed by atoms with Crippen molar-refractivity contribution in [1.29, 1.82) is 10.5 Å². The summed E-state index contributed by atoms with van der Waals surface area (Å²) in [4.78, 5) is 12.1. The SMILES string of the molecule is C#N.C#N.CC(C)n1c(=O)n(C)c2ccc(C=NN)cc21. The van der Waals surface area contributed by atoms with Crippen LogP contribution in [0.2, 0.25) is 0 Å². The monoisotopic (exact) mass is 286 g/mol. The molecule has 1 aromatic carbocycles. The Morgan fingerprint density at radius 2 is 1.81 bits per heavy atom. The molecule has 0 saturated heterocycles. The van der Waals surface area contributed by atoms with Gasteiger partial charge in [0.1, 0.15) is 0 Å². The van der Waals surface area contributed by atoms with E-state index in [2.05, 4.69) is 18.2 Å². The van der Waals surface area contributed by atoms with Crippen molar-refractivity contribution >= 4 is 17.2 Å². The second-order valence-corrected chi connectivity index (χ2v) is 4.33. The van der Waals surface area contributed by atoms with Gasteiger partial charge in [0.05, 0.1) is 17.2 Å². The Hall–Kier alpha value is -3.06. The number of hydrogen-bond acceptors (Lipinski definition) is 5. The Morgan fingerprint density at radius 1 is 1.24 bits per heavy atom. The van der Waals surface area contributed by atoms with E-state index < -0.39 is 0 Å². The van der Waals surface area contributed by atoms with Crippen LogP contribution in [0.25, 0.3) is 11.0 Å². The quantitative estimate of drug-likeness (QED) is 0.512. The predicted octanol–water partition coefficient (Wildman–Crippen LogP) is 1.49. The van der Waals surface area contributed by atoms with Crippen molar-refractivity contribution in [3.8, 4) is 13.1 Å². The molecule has 0 saturated carbocycles. The summed E-state index contributed by atoms with van der Waals surface area (Å²) >= 11 is 0. The summed E-state index contributed by atoms with van der Waals surface area (Å²) in [5.41, 5.74) is 2.71. The normalized spacial score (nSPS) is 9.90. The van der Waals surface area contributed by atoms with Gasteiger partial charge in [0.15, 0.2) is 0 Å². The number of nitrogens with two attached hydrogens (primary N) is 1. The zero-order valence-corrected chi connectivity index (χ0v) is 12.3. The molecule has 2 aromatic rings. The molecule has 0 amide bonds. The minimum Gasteiger partial charge on any atom is -0.323 e. The van der Waals surface area contributed by atoms with Gasteiger partial charge >= 0.3 is 5.69 Å². The number of fused-ring (bicyclic) bond motifs is 1. The highest BCUT2D eigenvalue weighted by Gasteiger charge is 2.12. The molecule has 0 aliphatic carbocycles. The maximum Gasteiger partial charge on any atom is 0.329 e. The number of nitrogens with zero attached hydrogens (tertiary/aromatic N) is 5. The van der Waals surface area contributed by atoms with Gasteiger partial charge in [-0.3, -0.25) is 9.13 Å². The first-order chi connectivity index (χ1) is 10.1. The molecule has 7 heteroatoms. The summed E-state index contributed by atoms with van der Waals surface area (Å²) in [6, 6.07) is 5.85. The van der Waals surface area contributed by atoms with E-state index in [1.165, 1.54) is 0 Å². The third kappa shape index (κ3) is 3.48. The first-order valence-electron chi connectivity index (χ1n) is 6.02. The molecule has 0 aliphatic rings. The highest BCUT2D eigenvalue weighted by atomic mass is 16.1. The lowest BCUT2D eigenvalue weighted by Gasteiger charge is -2.06. The van der Waals surface area contributed by atoms with Crippen LogP contribution in [-0.2, 0) is 7.05 Å². The van der Waals surface area contributed by atoms with E-state index >= 15 is 0 Å². The lowest BCUT2D eigenvalue weighted by atomic mass is 10.2. The van der Waals surface area contributed by atoms with Crippen molar-refractivity contribution in [2.24, 2.45) is 18.0 Å². The molecule has 1 heterocycles. The van der Waals surface area contributed by atoms with Gasteiger partial charge in [-0.2, -0.15) is 5.10 Å². The highest BCUT2D eigenvalue weighted by Crippen LogP contribution is 2.17. The fraction of sp³-hybridized carbons (Fsp3) is 0.286. The average molecular weight is 286 g/mol. The summed E-state index contributed by atoms with van der Waals surface area (Å²) in [6.45, 7) is 11.0. The molecule has 0 unspecified atom stereocenters. The minimum atomic E-state index is -0.00293. The fourth-order valence-corrected chi connectivity index (χ4v) is 2.05. The standard InChI is InChI=1S/C12H16N4O.2CHN/c1-8(2)16-11-6-9(7-14-13)4-5-10(11)15(3)12(16)17;2*1-2/h4-8H,13H2,1-3H3;2*1H. The maximum absolute atomic E-state index is 12.1. The molecule has 0 aliphatic heterocycles. The van der Waals surface area contributed by atoms with Crippen molar-refractivity contribution in [3.63, 3.8) is 0 Å². The van der Waals surface area contributed by atoms with Crippen LogP contribution in [0, 0.1) is 23.7 Å². The second kappa shape index (κ2) is 8.18. The summed E-state index contributed by atoms with van der Waals surface area (Å²) < 4.78 is 3.42. The molecular formula is C14H18N6O. The lowest BCUT2D eigenvalue weighted by molar-refractivity contribution is 0.583. The second-order valence-electron chi connectivity index (χ2n) is 4.33. The van der Waals surface area contributed by atoms with Crippen molar-refractivity contribution < 1.29 is 0 Å². The number of nitriles is 2. The topological polar surface area (TPSA) is 113 Å². The van der Waals surface area contributed by atoms with Crippen LogP contribution in [0.4, 0.5) is 0 Å². The summed E-state index contributed by atoms with van der Waals surface area (Å²) in [5, 5.41) is 16.5. The number of aryl methyl sites for hydroxylation is 1. The molecule has 0 atom stereocenters. The van der Waals surface area contributed by atoms with E-state index in [1.54, 1.807) is 22.4 Å². The molecule has 2 N–H and O–H groups in total. The molecule has 0 bridgehead atoms. The Bertz CT molecular complexity index is 711. The Kier molecular flexibility index (Phi) is 6.99. The maximum atomic E-state index is 12.1. The molecule has 0 spiro atoms. The van der Waals surface area contributed by atoms with Crippen molar-refractivity contribution in [2.75, 3.05) is 0 Å². The van der Waals surface area contributed by atoms with Crippen molar-refractivity contribution in [1.82, 2.24) is 9.13 Å². The number of benzene rings is 1. The highest BCUT2D eigenvalue weighted by molar-refractivity contribution is 5.87. The van der Waals surface area contributed by atoms with Crippen LogP contribution in [0.3, 0.4) is 0 Å². The number of hydrogen-bond donors (Lipinski definition) is 1. The Labute approximate surface area is 123 Å². The third-order valence-corrected chi connectivity index (χ3v) is 2.85. The van der Waals surface area contributed by atoms with Gasteiger partial charge in [-0.05, 0) is 31.5 Å². The zero-order chi connectivity index (χ0) is 16.6. The first-order valence-corrected chi connectivity index (χ1v) is 6.02. The molecule has 1 aromatic heterocycles. The van der Waals surface area contributed by atoms with Gasteiger partial charge in [-0.1, -0.05) is 6.07 Å². The summed E-state index contributed by atoms with van der Waals surface area (Å²) in [6.07, 6.45) is 1.57. The van der Waals surface area contributed by atoms with Gasteiger partial charge in [0.25, 0.3) is 0 Å². The van der Waals surface area contributed by atoms with Gasteiger partial charge in [0.2, 0.25) is 0 Å². The van der Waals surface area contributed by atoms with Crippen LogP contribution in [0.15, 0.2) is 28.1 Å². The predicted molar refractivity (Wildman–Crippen MR) is 82.7 cm³/mol. The molecular weight excluding hydrogens is 268 g/mol. The first kappa shape index (κ1) is 17.9. The molecule has 21 heavy (non-hydrogen) atoms. The van der Waals surface area contributed by atoms with Gasteiger partial charge in [-0.15, -0.1) is 0 Å². The molecule has 2 rings (SSSR count). The molecule has 0 fully saturated rings. The summed E-state index contributed by atoms with van der Waals surface area (Å²) in [7, 11) is 1.78. The van der Waals surface area contributed by atoms with Crippen LogP contribution in [0.5, 0.6) is 0 Å². The zero-order valence-electron chi connectivity index (χ0n) is 12.3. The van der Waals surface area contributed by atoms with Crippen molar-refractivity contribution in [3.05, 3.63) is 34.2 Å². The number of rotatable bonds is 2. The van der Waals surface area contributed by atoms with E-state index in [1.807, 2.05) is 32.0 Å². The number of imidazole rings is 1. The third-order valence-electron chi connectivity index (χ3n) is 2.85. The van der Waals surface area contributed by atoms with Gasteiger partial charge in [0, 0.05) is 26.2 Å². The molecule has 110 valence electrons. The smallest absolute Gasteiger partial charge is 0.323 e. The van der Waals surface area contributed by atoms with E-state index in [9.17, 15) is 4.79 Å². The lowest BCUT2D eigenvalue weighted by Crippen LogP contribution is -2.23. The van der Waals surface area contributed by atoms with Crippen molar-refractivity contribution in [2.45, 2.75) is 19.9 Å². The molecule has 7 nitrogen and oxygen atoms in total. The van der Waals surface area contributed by atoms with E-state index in [0.717, 1.165) is 16.6 Å². The van der Waals surface area contributed by atoms with Crippen LogP contribution in [0.1, 0.15) is 25.5 Å². The average Bonchev–Trinajstić information content (AvgIpc) is 2.75. The fourth-order valence-electron chi connectivity index (χ4n) is 2.05. The van der Waals surface area contributed by atoms with E-state index in [4.69, 9.17) is 16.4 Å². The van der Waals surface area contributed by atoms with E-state index in [-0.39, 0.29) is 11.7 Å². The molecule has 0 radical (unpaired) electrons. The van der Waals surface area contributed by atoms with Crippen LogP contribution in [-0.4, -0.2) is 15.3 Å². The Morgan fingerprint density at radius 3 is 2.29 bits per heavy atom. The largest absolute Gasteiger partial charge is 0.329 e. The van der Waals surface area contributed by atoms with Crippen LogP contribution < -0.4 is 11.5 Å². The van der Waals surface area contributed by atoms with Gasteiger partial charge in [-0.25, -0.2) is 15.3 Å².